The lowest BCUT2D eigenvalue weighted by molar-refractivity contribution is 0.214. The molecule has 15 heavy (non-hydrogen) atoms. The van der Waals surface area contributed by atoms with Crippen molar-refractivity contribution in [2.45, 2.75) is 13.0 Å². The summed E-state index contributed by atoms with van der Waals surface area (Å²) in [5.74, 6) is 0. The number of aryl methyl sites for hydroxylation is 1. The van der Waals surface area contributed by atoms with Crippen molar-refractivity contribution in [1.29, 1.82) is 0 Å². The second kappa shape index (κ2) is 4.19. The Morgan fingerprint density at radius 3 is 2.67 bits per heavy atom. The summed E-state index contributed by atoms with van der Waals surface area (Å²) in [4.78, 5) is 8.02. The Morgan fingerprint density at radius 1 is 1.20 bits per heavy atom. The molecule has 3 heteroatoms. The Balaban J connectivity index is 2.37. The fourth-order valence-electron chi connectivity index (χ4n) is 1.50. The van der Waals surface area contributed by atoms with E-state index in [2.05, 4.69) is 9.97 Å². The zero-order valence-electron chi connectivity index (χ0n) is 8.46. The quantitative estimate of drug-likeness (QED) is 0.804. The molecular weight excluding hydrogens is 188 g/mol. The molecule has 0 aliphatic heterocycles. The molecule has 0 spiro atoms. The van der Waals surface area contributed by atoms with E-state index in [1.165, 1.54) is 0 Å². The van der Waals surface area contributed by atoms with Gasteiger partial charge in [0.15, 0.2) is 0 Å². The van der Waals surface area contributed by atoms with E-state index < -0.39 is 6.10 Å². The highest BCUT2D eigenvalue weighted by molar-refractivity contribution is 5.31. The molecule has 1 heterocycles. The molecule has 0 aliphatic rings. The van der Waals surface area contributed by atoms with E-state index in [0.717, 1.165) is 11.1 Å². The Bertz CT molecular complexity index is 442. The molecule has 0 saturated heterocycles. The summed E-state index contributed by atoms with van der Waals surface area (Å²) >= 11 is 0. The van der Waals surface area contributed by atoms with Crippen LogP contribution < -0.4 is 0 Å². The van der Waals surface area contributed by atoms with Crippen LogP contribution in [0.2, 0.25) is 0 Å². The zero-order valence-corrected chi connectivity index (χ0v) is 8.46. The van der Waals surface area contributed by atoms with Crippen LogP contribution in [0, 0.1) is 6.92 Å². The molecule has 0 aliphatic carbocycles. The summed E-state index contributed by atoms with van der Waals surface area (Å²) in [5.41, 5.74) is 2.50. The van der Waals surface area contributed by atoms with Crippen molar-refractivity contribution in [2.75, 3.05) is 0 Å². The van der Waals surface area contributed by atoms with Crippen molar-refractivity contribution in [3.63, 3.8) is 0 Å². The minimum Gasteiger partial charge on any atom is -0.382 e. The standard InChI is InChI=1S/C12H12N2O/c1-9-4-2-3-5-10(9)12(15)11-8-13-6-7-14-11/h2-8,12,15H,1H3. The maximum Gasteiger partial charge on any atom is 0.123 e. The van der Waals surface area contributed by atoms with Gasteiger partial charge in [0, 0.05) is 12.4 Å². The van der Waals surface area contributed by atoms with Crippen LogP contribution in [-0.2, 0) is 0 Å². The normalized spacial score (nSPS) is 12.4. The van der Waals surface area contributed by atoms with Crippen molar-refractivity contribution in [3.8, 4) is 0 Å². The van der Waals surface area contributed by atoms with Gasteiger partial charge in [0.1, 0.15) is 6.10 Å². The van der Waals surface area contributed by atoms with Crippen LogP contribution in [0.3, 0.4) is 0 Å². The summed E-state index contributed by atoms with van der Waals surface area (Å²) < 4.78 is 0. The Hall–Kier alpha value is -1.74. The van der Waals surface area contributed by atoms with E-state index in [1.807, 2.05) is 31.2 Å². The summed E-state index contributed by atoms with van der Waals surface area (Å²) in [5, 5.41) is 10.1. The number of aromatic nitrogens is 2. The van der Waals surface area contributed by atoms with E-state index in [4.69, 9.17) is 0 Å². The Kier molecular flexibility index (Phi) is 2.74. The minimum absolute atomic E-state index is 0.576. The summed E-state index contributed by atoms with van der Waals surface area (Å²) in [7, 11) is 0. The smallest absolute Gasteiger partial charge is 0.123 e. The first-order valence-electron chi connectivity index (χ1n) is 4.78. The lowest BCUT2D eigenvalue weighted by atomic mass is 10.0. The molecule has 0 fully saturated rings. The van der Waals surface area contributed by atoms with Gasteiger partial charge in [-0.1, -0.05) is 24.3 Å². The first-order chi connectivity index (χ1) is 7.29. The molecule has 3 nitrogen and oxygen atoms in total. The number of nitrogens with zero attached hydrogens (tertiary/aromatic N) is 2. The predicted molar refractivity (Wildman–Crippen MR) is 57.3 cm³/mol. The van der Waals surface area contributed by atoms with Crippen LogP contribution in [0.4, 0.5) is 0 Å². The fraction of sp³-hybridized carbons (Fsp3) is 0.167. The number of benzene rings is 1. The van der Waals surface area contributed by atoms with E-state index in [1.54, 1.807) is 18.6 Å². The van der Waals surface area contributed by atoms with Crippen molar-refractivity contribution in [3.05, 3.63) is 59.7 Å². The van der Waals surface area contributed by atoms with Crippen molar-refractivity contribution in [1.82, 2.24) is 9.97 Å². The van der Waals surface area contributed by atoms with Gasteiger partial charge in [-0.25, -0.2) is 0 Å². The van der Waals surface area contributed by atoms with Crippen molar-refractivity contribution in [2.24, 2.45) is 0 Å². The van der Waals surface area contributed by atoms with E-state index in [9.17, 15) is 5.11 Å². The zero-order chi connectivity index (χ0) is 10.7. The van der Waals surface area contributed by atoms with Crippen molar-refractivity contribution < 1.29 is 5.11 Å². The third-order valence-corrected chi connectivity index (χ3v) is 2.35. The molecule has 0 bridgehead atoms. The molecule has 1 atom stereocenters. The molecule has 76 valence electrons. The highest BCUT2D eigenvalue weighted by atomic mass is 16.3. The molecule has 0 amide bonds. The molecule has 1 N–H and O–H groups in total. The summed E-state index contributed by atoms with van der Waals surface area (Å²) in [6.45, 7) is 1.97. The van der Waals surface area contributed by atoms with Gasteiger partial charge in [-0.05, 0) is 18.1 Å². The number of rotatable bonds is 2. The average molecular weight is 200 g/mol. The predicted octanol–water partition coefficient (Wildman–Crippen LogP) is 1.87. The van der Waals surface area contributed by atoms with Gasteiger partial charge in [0.25, 0.3) is 0 Å². The van der Waals surface area contributed by atoms with Gasteiger partial charge < -0.3 is 5.11 Å². The van der Waals surface area contributed by atoms with Gasteiger partial charge in [-0.2, -0.15) is 0 Å². The number of hydrogen-bond acceptors (Lipinski definition) is 3. The maximum absolute atomic E-state index is 10.1. The second-order valence-electron chi connectivity index (χ2n) is 3.39. The SMILES string of the molecule is Cc1ccccc1C(O)c1cnccn1. The molecule has 2 rings (SSSR count). The van der Waals surface area contributed by atoms with Gasteiger partial charge in [0.05, 0.1) is 11.9 Å². The summed E-state index contributed by atoms with van der Waals surface area (Å²) in [6.07, 6.45) is 4.06. The Labute approximate surface area is 88.5 Å². The molecule has 0 radical (unpaired) electrons. The lowest BCUT2D eigenvalue weighted by Gasteiger charge is -2.12. The highest BCUT2D eigenvalue weighted by Gasteiger charge is 2.13. The first-order valence-corrected chi connectivity index (χ1v) is 4.78. The highest BCUT2D eigenvalue weighted by Crippen LogP contribution is 2.21. The molecule has 1 aromatic carbocycles. The van der Waals surface area contributed by atoms with Crippen LogP contribution in [0.15, 0.2) is 42.9 Å². The lowest BCUT2D eigenvalue weighted by Crippen LogP contribution is -2.04. The third-order valence-electron chi connectivity index (χ3n) is 2.35. The van der Waals surface area contributed by atoms with Crippen LogP contribution in [0.25, 0.3) is 0 Å². The van der Waals surface area contributed by atoms with Gasteiger partial charge >= 0.3 is 0 Å². The molecule has 2 aromatic rings. The monoisotopic (exact) mass is 200 g/mol. The molecule has 1 unspecified atom stereocenters. The van der Waals surface area contributed by atoms with E-state index in [0.29, 0.717) is 5.69 Å². The van der Waals surface area contributed by atoms with Crippen LogP contribution in [0.5, 0.6) is 0 Å². The average Bonchev–Trinajstić information content (AvgIpc) is 2.30. The number of aliphatic hydroxyl groups excluding tert-OH is 1. The minimum atomic E-state index is -0.695. The van der Waals surface area contributed by atoms with Gasteiger partial charge in [0.2, 0.25) is 0 Å². The van der Waals surface area contributed by atoms with E-state index >= 15 is 0 Å². The summed E-state index contributed by atoms with van der Waals surface area (Å²) in [6, 6.07) is 7.72. The molecular formula is C12H12N2O. The third kappa shape index (κ3) is 2.02. The Morgan fingerprint density at radius 2 is 2.00 bits per heavy atom. The van der Waals surface area contributed by atoms with Crippen molar-refractivity contribution >= 4 is 0 Å². The van der Waals surface area contributed by atoms with E-state index in [-0.39, 0.29) is 0 Å². The first kappa shape index (κ1) is 9.80. The van der Waals surface area contributed by atoms with Gasteiger partial charge in [-0.15, -0.1) is 0 Å². The number of hydrogen-bond donors (Lipinski definition) is 1. The van der Waals surface area contributed by atoms with Gasteiger partial charge in [-0.3, -0.25) is 9.97 Å². The van der Waals surface area contributed by atoms with Crippen LogP contribution in [0.1, 0.15) is 22.9 Å². The van der Waals surface area contributed by atoms with Crippen LogP contribution >= 0.6 is 0 Å². The number of aliphatic hydroxyl groups is 1. The second-order valence-corrected chi connectivity index (χ2v) is 3.39. The largest absolute Gasteiger partial charge is 0.382 e. The van der Waals surface area contributed by atoms with Crippen LogP contribution in [-0.4, -0.2) is 15.1 Å². The topological polar surface area (TPSA) is 46.0 Å². The molecule has 0 saturated carbocycles. The fourth-order valence-corrected chi connectivity index (χ4v) is 1.50. The maximum atomic E-state index is 10.1. The molecule has 1 aromatic heterocycles.